The molecule has 0 amide bonds. The SMILES string of the molecule is C[C@@H](C(=O)n1cc(Cl)cn1)n1cc([N+](=O)[O-])cn1. The Kier molecular flexibility index (Phi) is 3.11. The van der Waals surface area contributed by atoms with E-state index in [2.05, 4.69) is 10.2 Å². The lowest BCUT2D eigenvalue weighted by Gasteiger charge is -2.09. The van der Waals surface area contributed by atoms with E-state index >= 15 is 0 Å². The Morgan fingerprint density at radius 1 is 1.44 bits per heavy atom. The van der Waals surface area contributed by atoms with E-state index in [1.807, 2.05) is 0 Å². The predicted molar refractivity (Wildman–Crippen MR) is 61.5 cm³/mol. The van der Waals surface area contributed by atoms with Crippen LogP contribution >= 0.6 is 11.6 Å². The van der Waals surface area contributed by atoms with E-state index in [-0.39, 0.29) is 11.6 Å². The number of nitro groups is 1. The summed E-state index contributed by atoms with van der Waals surface area (Å²) in [6.07, 6.45) is 4.96. The Hall–Kier alpha value is -2.22. The van der Waals surface area contributed by atoms with Crippen LogP contribution in [0.5, 0.6) is 0 Å². The third-order valence-corrected chi connectivity index (χ3v) is 2.52. The normalized spacial score (nSPS) is 12.3. The van der Waals surface area contributed by atoms with Gasteiger partial charge in [-0.05, 0) is 6.92 Å². The van der Waals surface area contributed by atoms with Gasteiger partial charge in [-0.15, -0.1) is 0 Å². The Balaban J connectivity index is 2.22. The van der Waals surface area contributed by atoms with Gasteiger partial charge in [0, 0.05) is 0 Å². The van der Waals surface area contributed by atoms with Crippen LogP contribution in [0.25, 0.3) is 0 Å². The largest absolute Gasteiger partial charge is 0.307 e. The molecule has 0 aliphatic carbocycles. The van der Waals surface area contributed by atoms with Crippen LogP contribution in [0.3, 0.4) is 0 Å². The highest BCUT2D eigenvalue weighted by Crippen LogP contribution is 2.15. The second-order valence-corrected chi connectivity index (χ2v) is 3.99. The maximum Gasteiger partial charge on any atom is 0.307 e. The Morgan fingerprint density at radius 2 is 2.17 bits per heavy atom. The van der Waals surface area contributed by atoms with Gasteiger partial charge in [0.1, 0.15) is 18.4 Å². The molecule has 0 bridgehead atoms. The number of aromatic nitrogens is 4. The summed E-state index contributed by atoms with van der Waals surface area (Å²) >= 11 is 5.65. The molecule has 0 saturated heterocycles. The molecule has 1 atom stereocenters. The molecular weight excluding hydrogens is 262 g/mol. The maximum atomic E-state index is 11.9. The van der Waals surface area contributed by atoms with Crippen LogP contribution in [0.2, 0.25) is 5.02 Å². The summed E-state index contributed by atoms with van der Waals surface area (Å²) in [5.74, 6) is -0.389. The number of nitrogens with zero attached hydrogens (tertiary/aromatic N) is 5. The number of rotatable bonds is 3. The standard InChI is InChI=1S/C9H8ClN5O3/c1-6(9(16)14-4-7(10)2-11-14)13-5-8(3-12-13)15(17)18/h2-6H,1H3/t6-/m0/s1. The van der Waals surface area contributed by atoms with Crippen LogP contribution in [0, 0.1) is 10.1 Å². The summed E-state index contributed by atoms with van der Waals surface area (Å²) in [4.78, 5) is 21.9. The van der Waals surface area contributed by atoms with Crippen molar-refractivity contribution in [3.05, 3.63) is 39.9 Å². The van der Waals surface area contributed by atoms with E-state index in [1.54, 1.807) is 6.92 Å². The Bertz CT molecular complexity index is 605. The maximum absolute atomic E-state index is 11.9. The highest BCUT2D eigenvalue weighted by atomic mass is 35.5. The quantitative estimate of drug-likeness (QED) is 0.622. The monoisotopic (exact) mass is 269 g/mol. The van der Waals surface area contributed by atoms with E-state index in [0.717, 1.165) is 10.9 Å². The molecule has 2 aromatic heterocycles. The summed E-state index contributed by atoms with van der Waals surface area (Å²) in [5, 5.41) is 18.4. The molecule has 8 nitrogen and oxygen atoms in total. The van der Waals surface area contributed by atoms with Gasteiger partial charge >= 0.3 is 5.69 Å². The summed E-state index contributed by atoms with van der Waals surface area (Å²) in [6.45, 7) is 1.56. The van der Waals surface area contributed by atoms with Crippen molar-refractivity contribution >= 4 is 23.2 Å². The van der Waals surface area contributed by atoms with Crippen molar-refractivity contribution in [3.63, 3.8) is 0 Å². The van der Waals surface area contributed by atoms with Crippen molar-refractivity contribution in [2.75, 3.05) is 0 Å². The van der Waals surface area contributed by atoms with Crippen LogP contribution in [0.4, 0.5) is 5.69 Å². The number of carbonyl (C=O) groups excluding carboxylic acids is 1. The van der Waals surface area contributed by atoms with Gasteiger partial charge in [0.25, 0.3) is 5.91 Å². The lowest BCUT2D eigenvalue weighted by atomic mass is 10.3. The second-order valence-electron chi connectivity index (χ2n) is 3.55. The van der Waals surface area contributed by atoms with Gasteiger partial charge in [-0.25, -0.2) is 4.68 Å². The van der Waals surface area contributed by atoms with E-state index in [0.29, 0.717) is 5.02 Å². The zero-order chi connectivity index (χ0) is 13.3. The summed E-state index contributed by atoms with van der Waals surface area (Å²) in [6, 6.07) is -0.713. The molecule has 0 spiro atoms. The van der Waals surface area contributed by atoms with Crippen LogP contribution in [-0.2, 0) is 0 Å². The number of hydrogen-bond acceptors (Lipinski definition) is 5. The van der Waals surface area contributed by atoms with Crippen molar-refractivity contribution in [1.82, 2.24) is 19.6 Å². The minimum Gasteiger partial charge on any atom is -0.270 e. The molecule has 2 heterocycles. The third-order valence-electron chi connectivity index (χ3n) is 2.33. The second kappa shape index (κ2) is 4.57. The van der Waals surface area contributed by atoms with E-state index in [9.17, 15) is 14.9 Å². The third kappa shape index (κ3) is 2.23. The minimum atomic E-state index is -0.713. The van der Waals surface area contributed by atoms with Gasteiger partial charge < -0.3 is 0 Å². The fourth-order valence-electron chi connectivity index (χ4n) is 1.36. The van der Waals surface area contributed by atoms with Crippen LogP contribution in [-0.4, -0.2) is 30.4 Å². The molecule has 9 heteroatoms. The highest BCUT2D eigenvalue weighted by Gasteiger charge is 2.21. The summed E-state index contributed by atoms with van der Waals surface area (Å²) < 4.78 is 2.27. The number of halogens is 1. The molecule has 0 aliphatic heterocycles. The number of carbonyl (C=O) groups is 1. The van der Waals surface area contributed by atoms with Gasteiger partial charge in [-0.3, -0.25) is 19.6 Å². The molecule has 0 N–H and O–H groups in total. The zero-order valence-electron chi connectivity index (χ0n) is 9.23. The van der Waals surface area contributed by atoms with Crippen molar-refractivity contribution in [2.45, 2.75) is 13.0 Å². The predicted octanol–water partition coefficient (Wildman–Crippen LogP) is 1.54. The molecule has 0 aliphatic rings. The van der Waals surface area contributed by atoms with E-state index in [4.69, 9.17) is 11.6 Å². The topological polar surface area (TPSA) is 95.8 Å². The fourth-order valence-corrected chi connectivity index (χ4v) is 1.50. The first-order chi connectivity index (χ1) is 8.49. The Morgan fingerprint density at radius 3 is 2.67 bits per heavy atom. The molecule has 0 unspecified atom stereocenters. The first kappa shape index (κ1) is 12.2. The molecule has 0 fully saturated rings. The molecule has 2 rings (SSSR count). The lowest BCUT2D eigenvalue weighted by Crippen LogP contribution is -2.23. The molecular formula is C9H8ClN5O3. The van der Waals surface area contributed by atoms with Crippen molar-refractivity contribution in [2.24, 2.45) is 0 Å². The molecule has 0 saturated carbocycles. The minimum absolute atomic E-state index is 0.173. The van der Waals surface area contributed by atoms with Crippen molar-refractivity contribution < 1.29 is 9.72 Å². The van der Waals surface area contributed by atoms with Gasteiger partial charge in [-0.1, -0.05) is 11.6 Å². The van der Waals surface area contributed by atoms with Gasteiger partial charge in [0.05, 0.1) is 22.3 Å². The first-order valence-corrected chi connectivity index (χ1v) is 5.30. The Labute approximate surface area is 106 Å². The van der Waals surface area contributed by atoms with Gasteiger partial charge in [-0.2, -0.15) is 10.2 Å². The van der Waals surface area contributed by atoms with Gasteiger partial charge in [0.2, 0.25) is 0 Å². The van der Waals surface area contributed by atoms with Crippen LogP contribution < -0.4 is 0 Å². The smallest absolute Gasteiger partial charge is 0.270 e. The van der Waals surface area contributed by atoms with E-state index < -0.39 is 11.0 Å². The van der Waals surface area contributed by atoms with Crippen molar-refractivity contribution in [3.8, 4) is 0 Å². The molecule has 0 radical (unpaired) electrons. The molecule has 2 aromatic rings. The van der Waals surface area contributed by atoms with Crippen LogP contribution in [0.15, 0.2) is 24.8 Å². The highest BCUT2D eigenvalue weighted by molar-refractivity contribution is 6.30. The molecule has 0 aromatic carbocycles. The number of hydrogen-bond donors (Lipinski definition) is 0. The summed E-state index contributed by atoms with van der Waals surface area (Å²) in [7, 11) is 0. The zero-order valence-corrected chi connectivity index (χ0v) is 9.98. The summed E-state index contributed by atoms with van der Waals surface area (Å²) in [5.41, 5.74) is -0.173. The van der Waals surface area contributed by atoms with Crippen molar-refractivity contribution in [1.29, 1.82) is 0 Å². The first-order valence-electron chi connectivity index (χ1n) is 4.92. The molecule has 94 valence electrons. The average molecular weight is 270 g/mol. The average Bonchev–Trinajstić information content (AvgIpc) is 2.95. The lowest BCUT2D eigenvalue weighted by molar-refractivity contribution is -0.385. The van der Waals surface area contributed by atoms with E-state index in [1.165, 1.54) is 23.3 Å². The fraction of sp³-hybridized carbons (Fsp3) is 0.222. The molecule has 18 heavy (non-hydrogen) atoms. The van der Waals surface area contributed by atoms with Crippen LogP contribution in [0.1, 0.15) is 17.8 Å². The van der Waals surface area contributed by atoms with Gasteiger partial charge in [0.15, 0.2) is 0 Å².